The van der Waals surface area contributed by atoms with Crippen LogP contribution in [0.5, 0.6) is 0 Å². The SMILES string of the molecule is CC12CC3CC(Cl)(C1)CC(Cl)(C3)C2. The normalized spacial score (nSPS) is 64.4. The Morgan fingerprint density at radius 2 is 1.46 bits per heavy atom. The molecule has 0 nitrogen and oxygen atoms in total. The van der Waals surface area contributed by atoms with Gasteiger partial charge in [0, 0.05) is 9.75 Å². The Morgan fingerprint density at radius 3 is 1.85 bits per heavy atom. The number of halogens is 2. The molecule has 0 saturated heterocycles. The molecular formula is C11H16Cl2. The van der Waals surface area contributed by atoms with Crippen LogP contribution in [-0.2, 0) is 0 Å². The number of alkyl halides is 2. The summed E-state index contributed by atoms with van der Waals surface area (Å²) in [7, 11) is 0. The molecular weight excluding hydrogens is 203 g/mol. The maximum absolute atomic E-state index is 6.63. The second kappa shape index (κ2) is 2.22. The number of hydrogen-bond donors (Lipinski definition) is 0. The van der Waals surface area contributed by atoms with E-state index in [1.807, 2.05) is 0 Å². The van der Waals surface area contributed by atoms with Crippen molar-refractivity contribution in [2.45, 2.75) is 55.2 Å². The fourth-order valence-electron chi connectivity index (χ4n) is 4.67. The summed E-state index contributed by atoms with van der Waals surface area (Å²) in [6.45, 7) is 2.38. The smallest absolute Gasteiger partial charge is 0.0471 e. The Labute approximate surface area is 90.0 Å². The zero-order valence-electron chi connectivity index (χ0n) is 8.08. The summed E-state index contributed by atoms with van der Waals surface area (Å²) in [6.07, 6.45) is 7.27. The second-order valence-electron chi connectivity index (χ2n) is 6.12. The molecule has 2 unspecified atom stereocenters. The Bertz CT molecular complexity index is 210. The van der Waals surface area contributed by atoms with Crippen LogP contribution in [0.4, 0.5) is 0 Å². The van der Waals surface area contributed by atoms with Gasteiger partial charge in [0.05, 0.1) is 0 Å². The molecule has 0 aromatic carbocycles. The van der Waals surface area contributed by atoms with E-state index in [4.69, 9.17) is 23.2 Å². The highest BCUT2D eigenvalue weighted by molar-refractivity contribution is 6.28. The first kappa shape index (κ1) is 8.85. The van der Waals surface area contributed by atoms with Gasteiger partial charge in [0.15, 0.2) is 0 Å². The largest absolute Gasteiger partial charge is 0.119 e. The molecule has 4 saturated carbocycles. The third-order valence-electron chi connectivity index (χ3n) is 4.21. The average molecular weight is 219 g/mol. The Balaban J connectivity index is 2.03. The van der Waals surface area contributed by atoms with Gasteiger partial charge in [0.1, 0.15) is 0 Å². The highest BCUT2D eigenvalue weighted by Gasteiger charge is 2.60. The number of hydrogen-bond acceptors (Lipinski definition) is 0. The van der Waals surface area contributed by atoms with Gasteiger partial charge in [0.2, 0.25) is 0 Å². The van der Waals surface area contributed by atoms with Crippen molar-refractivity contribution in [2.75, 3.05) is 0 Å². The van der Waals surface area contributed by atoms with Gasteiger partial charge >= 0.3 is 0 Å². The summed E-state index contributed by atoms with van der Waals surface area (Å²) in [4.78, 5) is 0.131. The topological polar surface area (TPSA) is 0 Å². The monoisotopic (exact) mass is 218 g/mol. The minimum atomic E-state index is 0.0654. The van der Waals surface area contributed by atoms with Crippen LogP contribution in [0, 0.1) is 11.3 Å². The van der Waals surface area contributed by atoms with Gasteiger partial charge in [-0.2, -0.15) is 0 Å². The van der Waals surface area contributed by atoms with Crippen molar-refractivity contribution in [2.24, 2.45) is 11.3 Å². The van der Waals surface area contributed by atoms with Crippen molar-refractivity contribution in [3.05, 3.63) is 0 Å². The van der Waals surface area contributed by atoms with Gasteiger partial charge in [-0.3, -0.25) is 0 Å². The van der Waals surface area contributed by atoms with Crippen molar-refractivity contribution < 1.29 is 0 Å². The van der Waals surface area contributed by atoms with Gasteiger partial charge in [-0.25, -0.2) is 0 Å². The molecule has 0 spiro atoms. The van der Waals surface area contributed by atoms with Crippen LogP contribution in [0.1, 0.15) is 45.4 Å². The molecule has 0 N–H and O–H groups in total. The molecule has 4 aliphatic rings. The van der Waals surface area contributed by atoms with E-state index in [1.165, 1.54) is 32.1 Å². The quantitative estimate of drug-likeness (QED) is 0.541. The first-order chi connectivity index (χ1) is 5.91. The summed E-state index contributed by atoms with van der Waals surface area (Å²) in [6, 6.07) is 0. The van der Waals surface area contributed by atoms with Crippen LogP contribution >= 0.6 is 23.2 Å². The van der Waals surface area contributed by atoms with Gasteiger partial charge < -0.3 is 0 Å². The first-order valence-corrected chi connectivity index (χ1v) is 6.04. The fourth-order valence-corrected chi connectivity index (χ4v) is 6.33. The summed E-state index contributed by atoms with van der Waals surface area (Å²) < 4.78 is 0. The molecule has 0 heterocycles. The number of rotatable bonds is 0. The molecule has 0 radical (unpaired) electrons. The molecule has 0 aromatic rings. The maximum Gasteiger partial charge on any atom is 0.0471 e. The molecule has 4 aliphatic carbocycles. The Morgan fingerprint density at radius 1 is 0.923 bits per heavy atom. The molecule has 0 amide bonds. The van der Waals surface area contributed by atoms with E-state index in [2.05, 4.69) is 6.92 Å². The van der Waals surface area contributed by atoms with Crippen LogP contribution in [0.15, 0.2) is 0 Å². The summed E-state index contributed by atoms with van der Waals surface area (Å²) in [5, 5.41) is 0. The average Bonchev–Trinajstić information content (AvgIpc) is 1.71. The lowest BCUT2D eigenvalue weighted by molar-refractivity contribution is -0.0148. The van der Waals surface area contributed by atoms with E-state index >= 15 is 0 Å². The highest BCUT2D eigenvalue weighted by atomic mass is 35.5. The lowest BCUT2D eigenvalue weighted by Crippen LogP contribution is -2.58. The molecule has 4 bridgehead atoms. The molecule has 2 heteroatoms. The fraction of sp³-hybridized carbons (Fsp3) is 1.00. The third-order valence-corrected chi connectivity index (χ3v) is 5.05. The molecule has 0 aromatic heterocycles. The van der Waals surface area contributed by atoms with E-state index in [-0.39, 0.29) is 9.75 Å². The third kappa shape index (κ3) is 1.25. The second-order valence-corrected chi connectivity index (χ2v) is 7.72. The summed E-state index contributed by atoms with van der Waals surface area (Å²) in [5.74, 6) is 0.816. The van der Waals surface area contributed by atoms with Crippen LogP contribution in [-0.4, -0.2) is 9.75 Å². The first-order valence-electron chi connectivity index (χ1n) is 5.28. The van der Waals surface area contributed by atoms with Gasteiger partial charge in [0.25, 0.3) is 0 Å². The van der Waals surface area contributed by atoms with E-state index in [0.717, 1.165) is 12.3 Å². The Kier molecular flexibility index (Phi) is 1.51. The van der Waals surface area contributed by atoms with Crippen LogP contribution in [0.25, 0.3) is 0 Å². The molecule has 4 fully saturated rings. The predicted molar refractivity (Wildman–Crippen MR) is 56.5 cm³/mol. The lowest BCUT2D eigenvalue weighted by Gasteiger charge is -2.62. The van der Waals surface area contributed by atoms with E-state index < -0.39 is 0 Å². The summed E-state index contributed by atoms with van der Waals surface area (Å²) >= 11 is 13.3. The maximum atomic E-state index is 6.63. The summed E-state index contributed by atoms with van der Waals surface area (Å²) in [5.41, 5.74) is 0.461. The van der Waals surface area contributed by atoms with Crippen molar-refractivity contribution in [1.29, 1.82) is 0 Å². The lowest BCUT2D eigenvalue weighted by atomic mass is 9.49. The minimum absolute atomic E-state index is 0.0654. The molecule has 74 valence electrons. The Hall–Kier alpha value is 0.580. The van der Waals surface area contributed by atoms with Gasteiger partial charge in [-0.15, -0.1) is 23.2 Å². The van der Waals surface area contributed by atoms with Gasteiger partial charge in [-0.1, -0.05) is 6.92 Å². The van der Waals surface area contributed by atoms with E-state index in [9.17, 15) is 0 Å². The zero-order valence-corrected chi connectivity index (χ0v) is 9.59. The van der Waals surface area contributed by atoms with Crippen molar-refractivity contribution in [3.63, 3.8) is 0 Å². The van der Waals surface area contributed by atoms with Gasteiger partial charge in [-0.05, 0) is 49.9 Å². The van der Waals surface area contributed by atoms with E-state index in [1.54, 1.807) is 0 Å². The van der Waals surface area contributed by atoms with Crippen LogP contribution in [0.2, 0.25) is 0 Å². The van der Waals surface area contributed by atoms with Crippen molar-refractivity contribution in [1.82, 2.24) is 0 Å². The van der Waals surface area contributed by atoms with Crippen molar-refractivity contribution in [3.8, 4) is 0 Å². The molecule has 0 aliphatic heterocycles. The molecule has 2 atom stereocenters. The highest BCUT2D eigenvalue weighted by Crippen LogP contribution is 2.66. The zero-order chi connectivity index (χ0) is 9.32. The predicted octanol–water partition coefficient (Wildman–Crippen LogP) is 3.95. The van der Waals surface area contributed by atoms with Crippen LogP contribution in [0.3, 0.4) is 0 Å². The standard InChI is InChI=1S/C11H16Cl2/c1-9-2-8-3-10(12,5-9)7-11(13,4-8)6-9/h8H,2-7H2,1H3. The van der Waals surface area contributed by atoms with Crippen LogP contribution < -0.4 is 0 Å². The van der Waals surface area contributed by atoms with Crippen molar-refractivity contribution >= 4 is 23.2 Å². The molecule has 4 rings (SSSR count). The van der Waals surface area contributed by atoms with E-state index in [0.29, 0.717) is 5.41 Å². The molecule has 13 heavy (non-hydrogen) atoms. The minimum Gasteiger partial charge on any atom is -0.119 e.